The molecule has 2 aliphatic heterocycles. The maximum Gasteiger partial charge on any atom is 0.123 e. The van der Waals surface area contributed by atoms with Gasteiger partial charge in [0.05, 0.1) is 7.11 Å². The number of nitrogens with zero attached hydrogens (tertiary/aromatic N) is 2. The molecule has 2 aromatic carbocycles. The van der Waals surface area contributed by atoms with Crippen LogP contribution in [-0.2, 0) is 13.0 Å². The lowest BCUT2D eigenvalue weighted by Crippen LogP contribution is -2.25. The zero-order valence-corrected chi connectivity index (χ0v) is 17.7. The zero-order valence-electron chi connectivity index (χ0n) is 17.7. The number of ether oxygens (including phenoxy) is 2. The van der Waals surface area contributed by atoms with Crippen LogP contribution in [0.4, 0.5) is 0 Å². The molecule has 2 aliphatic rings. The second-order valence-electron chi connectivity index (χ2n) is 8.31. The van der Waals surface area contributed by atoms with Gasteiger partial charge in [-0.2, -0.15) is 0 Å². The molecule has 2 saturated heterocycles. The first-order chi connectivity index (χ1) is 14.3. The van der Waals surface area contributed by atoms with Crippen molar-refractivity contribution in [3.05, 3.63) is 59.2 Å². The number of likely N-dealkylation sites (tertiary alicyclic amines) is 2. The normalized spacial score (nSPS) is 17.7. The molecule has 0 bridgehead atoms. The molecule has 156 valence electrons. The first-order valence-corrected chi connectivity index (χ1v) is 11.1. The Hall–Kier alpha value is -2.04. The van der Waals surface area contributed by atoms with Crippen molar-refractivity contribution in [1.82, 2.24) is 9.80 Å². The van der Waals surface area contributed by atoms with Gasteiger partial charge in [0.15, 0.2) is 0 Å². The molecular weight excluding hydrogens is 360 g/mol. The van der Waals surface area contributed by atoms with Crippen molar-refractivity contribution < 1.29 is 9.47 Å². The van der Waals surface area contributed by atoms with Gasteiger partial charge in [0.1, 0.15) is 18.1 Å². The van der Waals surface area contributed by atoms with Crippen LogP contribution in [0.2, 0.25) is 0 Å². The van der Waals surface area contributed by atoms with Crippen LogP contribution in [0.5, 0.6) is 11.5 Å². The monoisotopic (exact) mass is 394 g/mol. The summed E-state index contributed by atoms with van der Waals surface area (Å²) in [7, 11) is 1.78. The maximum absolute atomic E-state index is 6.16. The van der Waals surface area contributed by atoms with E-state index in [4.69, 9.17) is 9.47 Å². The molecule has 29 heavy (non-hydrogen) atoms. The van der Waals surface area contributed by atoms with Crippen LogP contribution in [0.1, 0.15) is 42.4 Å². The Balaban J connectivity index is 1.40. The van der Waals surface area contributed by atoms with Crippen molar-refractivity contribution in [1.29, 1.82) is 0 Å². The summed E-state index contributed by atoms with van der Waals surface area (Å²) in [4.78, 5) is 5.01. The summed E-state index contributed by atoms with van der Waals surface area (Å²) in [6, 6.07) is 15.1. The maximum atomic E-state index is 6.16. The lowest BCUT2D eigenvalue weighted by molar-refractivity contribution is 0.236. The Bertz CT molecular complexity index is 780. The van der Waals surface area contributed by atoms with Crippen molar-refractivity contribution >= 4 is 0 Å². The second-order valence-corrected chi connectivity index (χ2v) is 8.31. The van der Waals surface area contributed by atoms with Gasteiger partial charge >= 0.3 is 0 Å². The molecule has 0 amide bonds. The van der Waals surface area contributed by atoms with Gasteiger partial charge in [-0.1, -0.05) is 30.3 Å². The van der Waals surface area contributed by atoms with Crippen molar-refractivity contribution in [2.24, 2.45) is 0 Å². The molecule has 0 aliphatic carbocycles. The van der Waals surface area contributed by atoms with Crippen molar-refractivity contribution in [3.8, 4) is 11.5 Å². The van der Waals surface area contributed by atoms with Crippen molar-refractivity contribution in [2.45, 2.75) is 38.6 Å². The van der Waals surface area contributed by atoms with Gasteiger partial charge in [0, 0.05) is 25.1 Å². The van der Waals surface area contributed by atoms with Crippen LogP contribution in [0.25, 0.3) is 0 Å². The summed E-state index contributed by atoms with van der Waals surface area (Å²) in [5.74, 6) is 2.01. The third-order valence-corrected chi connectivity index (χ3v) is 6.18. The minimum Gasteiger partial charge on any atom is -0.496 e. The summed E-state index contributed by atoms with van der Waals surface area (Å²) < 4.78 is 11.9. The second kappa shape index (κ2) is 10.1. The highest BCUT2D eigenvalue weighted by molar-refractivity contribution is 5.42. The van der Waals surface area contributed by atoms with Gasteiger partial charge < -0.3 is 9.47 Å². The summed E-state index contributed by atoms with van der Waals surface area (Å²) in [6.45, 7) is 7.60. The van der Waals surface area contributed by atoms with E-state index in [1.54, 1.807) is 7.11 Å². The van der Waals surface area contributed by atoms with Crippen LogP contribution in [-0.4, -0.2) is 56.2 Å². The van der Waals surface area contributed by atoms with Crippen LogP contribution in [0.3, 0.4) is 0 Å². The highest BCUT2D eigenvalue weighted by atomic mass is 16.5. The van der Waals surface area contributed by atoms with Gasteiger partial charge in [-0.05, 0) is 75.1 Å². The molecule has 2 aromatic rings. The van der Waals surface area contributed by atoms with Crippen LogP contribution in [0, 0.1) is 0 Å². The summed E-state index contributed by atoms with van der Waals surface area (Å²) in [5.41, 5.74) is 3.79. The fourth-order valence-electron chi connectivity index (χ4n) is 4.51. The zero-order chi connectivity index (χ0) is 19.9. The number of methoxy groups -OCH3 is 1. The average Bonchev–Trinajstić information content (AvgIpc) is 3.45. The Labute approximate surface area is 175 Å². The quantitative estimate of drug-likeness (QED) is 0.631. The Kier molecular flexibility index (Phi) is 7.07. The Morgan fingerprint density at radius 3 is 2.28 bits per heavy atom. The standard InChI is InChI=1S/C25H34N2O2/c1-28-25-19-21(10-11-23(25)20-27-14-6-7-15-27)18-22-8-2-3-9-24(22)29-17-16-26-12-4-5-13-26/h2-3,8-11,19H,4-7,12-18,20H2,1H3. The number of para-hydroxylation sites is 1. The molecule has 4 rings (SSSR count). The molecule has 0 radical (unpaired) electrons. The van der Waals surface area contributed by atoms with Gasteiger partial charge in [0.25, 0.3) is 0 Å². The van der Waals surface area contributed by atoms with E-state index < -0.39 is 0 Å². The molecule has 0 spiro atoms. The van der Waals surface area contributed by atoms with Gasteiger partial charge in [0.2, 0.25) is 0 Å². The lowest BCUT2D eigenvalue weighted by atomic mass is 10.0. The molecule has 4 nitrogen and oxygen atoms in total. The van der Waals surface area contributed by atoms with E-state index >= 15 is 0 Å². The van der Waals surface area contributed by atoms with Gasteiger partial charge in [-0.15, -0.1) is 0 Å². The van der Waals surface area contributed by atoms with Crippen molar-refractivity contribution in [3.63, 3.8) is 0 Å². The van der Waals surface area contributed by atoms with Crippen molar-refractivity contribution in [2.75, 3.05) is 46.4 Å². The largest absolute Gasteiger partial charge is 0.496 e. The Morgan fingerprint density at radius 1 is 0.793 bits per heavy atom. The van der Waals surface area contributed by atoms with Crippen LogP contribution < -0.4 is 9.47 Å². The average molecular weight is 395 g/mol. The number of hydrogen-bond donors (Lipinski definition) is 0. The van der Waals surface area contributed by atoms with E-state index in [1.807, 2.05) is 0 Å². The predicted octanol–water partition coefficient (Wildman–Crippen LogP) is 4.36. The van der Waals surface area contributed by atoms with Crippen LogP contribution in [0.15, 0.2) is 42.5 Å². The number of benzene rings is 2. The van der Waals surface area contributed by atoms with E-state index in [0.717, 1.165) is 37.6 Å². The molecule has 0 N–H and O–H groups in total. The molecule has 2 fully saturated rings. The van der Waals surface area contributed by atoms with Crippen LogP contribution >= 0.6 is 0 Å². The third-order valence-electron chi connectivity index (χ3n) is 6.18. The highest BCUT2D eigenvalue weighted by Crippen LogP contribution is 2.27. The summed E-state index contributed by atoms with van der Waals surface area (Å²) in [6.07, 6.45) is 6.14. The van der Waals surface area contributed by atoms with E-state index in [2.05, 4.69) is 52.3 Å². The Morgan fingerprint density at radius 2 is 1.52 bits per heavy atom. The molecule has 0 unspecified atom stereocenters. The highest BCUT2D eigenvalue weighted by Gasteiger charge is 2.15. The van der Waals surface area contributed by atoms with Gasteiger partial charge in [-0.25, -0.2) is 0 Å². The van der Waals surface area contributed by atoms with E-state index in [1.165, 1.54) is 68.6 Å². The topological polar surface area (TPSA) is 24.9 Å². The molecule has 0 saturated carbocycles. The van der Waals surface area contributed by atoms with E-state index in [9.17, 15) is 0 Å². The summed E-state index contributed by atoms with van der Waals surface area (Å²) in [5, 5.41) is 0. The molecule has 2 heterocycles. The fourth-order valence-corrected chi connectivity index (χ4v) is 4.51. The first-order valence-electron chi connectivity index (χ1n) is 11.1. The number of hydrogen-bond acceptors (Lipinski definition) is 4. The first kappa shape index (κ1) is 20.2. The SMILES string of the molecule is COc1cc(Cc2ccccc2OCCN2CCCC2)ccc1CN1CCCC1. The number of rotatable bonds is 9. The minimum absolute atomic E-state index is 0.759. The van der Waals surface area contributed by atoms with E-state index in [0.29, 0.717) is 0 Å². The lowest BCUT2D eigenvalue weighted by Gasteiger charge is -2.18. The molecular formula is C25H34N2O2. The smallest absolute Gasteiger partial charge is 0.123 e. The molecule has 0 aromatic heterocycles. The van der Waals surface area contributed by atoms with E-state index in [-0.39, 0.29) is 0 Å². The third kappa shape index (κ3) is 5.52. The molecule has 0 atom stereocenters. The summed E-state index contributed by atoms with van der Waals surface area (Å²) >= 11 is 0. The molecule has 4 heteroatoms. The van der Waals surface area contributed by atoms with Gasteiger partial charge in [-0.3, -0.25) is 9.80 Å². The fraction of sp³-hybridized carbons (Fsp3) is 0.520. The predicted molar refractivity (Wildman–Crippen MR) is 118 cm³/mol. The minimum atomic E-state index is 0.759.